The number of hydrogen-bond donors (Lipinski definition) is 0. The molecule has 7 heteroatoms. The van der Waals surface area contributed by atoms with Gasteiger partial charge in [0.15, 0.2) is 16.3 Å². The minimum Gasteiger partial charge on any atom is -0.493 e. The van der Waals surface area contributed by atoms with Gasteiger partial charge in [-0.15, -0.1) is 11.3 Å². The van der Waals surface area contributed by atoms with E-state index in [0.717, 1.165) is 5.56 Å². The van der Waals surface area contributed by atoms with Gasteiger partial charge in [0.2, 0.25) is 11.7 Å². The van der Waals surface area contributed by atoms with E-state index in [1.54, 1.807) is 27.4 Å². The first-order valence-corrected chi connectivity index (χ1v) is 7.94. The van der Waals surface area contributed by atoms with E-state index in [-0.39, 0.29) is 5.91 Å². The van der Waals surface area contributed by atoms with Crippen LogP contribution in [-0.4, -0.2) is 31.8 Å². The van der Waals surface area contributed by atoms with Crippen LogP contribution in [0.15, 0.2) is 28.7 Å². The summed E-state index contributed by atoms with van der Waals surface area (Å²) in [6.45, 7) is 0. The second kappa shape index (κ2) is 7.82. The van der Waals surface area contributed by atoms with E-state index in [2.05, 4.69) is 4.99 Å². The number of ether oxygens (including phenoxy) is 3. The maximum atomic E-state index is 12.0. The Balaban J connectivity index is 2.18. The highest BCUT2D eigenvalue weighted by Crippen LogP contribution is 2.40. The van der Waals surface area contributed by atoms with Crippen molar-refractivity contribution < 1.29 is 19.0 Å². The fraction of sp³-hybridized carbons (Fsp3) is 0.375. The Morgan fingerprint density at radius 2 is 1.91 bits per heavy atom. The molecule has 0 N–H and O–H groups in total. The number of nitrogens with zero attached hydrogens (tertiary/aromatic N) is 2. The predicted molar refractivity (Wildman–Crippen MR) is 88.3 cm³/mol. The van der Waals surface area contributed by atoms with Crippen molar-refractivity contribution in [2.75, 3.05) is 21.3 Å². The van der Waals surface area contributed by atoms with Crippen LogP contribution in [0.4, 0.5) is 0 Å². The van der Waals surface area contributed by atoms with Gasteiger partial charge >= 0.3 is 0 Å². The Morgan fingerprint density at radius 3 is 2.48 bits per heavy atom. The van der Waals surface area contributed by atoms with E-state index in [1.165, 1.54) is 11.3 Å². The van der Waals surface area contributed by atoms with Crippen molar-refractivity contribution in [1.29, 1.82) is 0 Å². The van der Waals surface area contributed by atoms with Crippen molar-refractivity contribution in [3.63, 3.8) is 0 Å². The molecule has 0 bridgehead atoms. The molecule has 6 nitrogen and oxygen atoms in total. The second-order valence-corrected chi connectivity index (χ2v) is 5.67. The maximum Gasteiger partial charge on any atom is 0.248 e. The van der Waals surface area contributed by atoms with Crippen molar-refractivity contribution in [2.24, 2.45) is 12.0 Å². The van der Waals surface area contributed by atoms with Crippen molar-refractivity contribution in [3.8, 4) is 17.2 Å². The zero-order chi connectivity index (χ0) is 16.8. The molecule has 0 aliphatic heterocycles. The third-order valence-corrected chi connectivity index (χ3v) is 4.22. The lowest BCUT2D eigenvalue weighted by atomic mass is 10.1. The third kappa shape index (κ3) is 3.92. The number of methoxy groups -OCH3 is 3. The number of amides is 1. The van der Waals surface area contributed by atoms with Gasteiger partial charge in [0.1, 0.15) is 0 Å². The number of carbonyl (C=O) groups excluding carboxylic acids is 1. The van der Waals surface area contributed by atoms with Crippen LogP contribution in [-0.2, 0) is 18.3 Å². The predicted octanol–water partition coefficient (Wildman–Crippen LogP) is 2.17. The number of aromatic nitrogens is 1. The van der Waals surface area contributed by atoms with Gasteiger partial charge in [0.25, 0.3) is 0 Å². The summed E-state index contributed by atoms with van der Waals surface area (Å²) in [6.07, 6.45) is 2.68. The average Bonchev–Trinajstić information content (AvgIpc) is 2.96. The number of rotatable bonds is 6. The highest BCUT2D eigenvalue weighted by molar-refractivity contribution is 7.07. The Kier molecular flexibility index (Phi) is 5.81. The molecular weight excluding hydrogens is 316 g/mol. The zero-order valence-electron chi connectivity index (χ0n) is 13.7. The minimum absolute atomic E-state index is 0.167. The first-order valence-electron chi connectivity index (χ1n) is 7.06. The van der Waals surface area contributed by atoms with Crippen LogP contribution >= 0.6 is 11.3 Å². The number of thiazole rings is 1. The summed E-state index contributed by atoms with van der Waals surface area (Å²) in [5, 5.41) is 1.89. The Labute approximate surface area is 139 Å². The summed E-state index contributed by atoms with van der Waals surface area (Å²) < 4.78 is 17.8. The third-order valence-electron chi connectivity index (χ3n) is 3.37. The molecule has 1 heterocycles. The highest BCUT2D eigenvalue weighted by Gasteiger charge is 2.16. The highest BCUT2D eigenvalue weighted by atomic mass is 32.1. The molecule has 124 valence electrons. The topological polar surface area (TPSA) is 62.0 Å². The van der Waals surface area contributed by atoms with Crippen LogP contribution in [0.1, 0.15) is 12.0 Å². The fourth-order valence-electron chi connectivity index (χ4n) is 2.20. The Hall–Kier alpha value is -2.28. The summed E-state index contributed by atoms with van der Waals surface area (Å²) in [5.41, 5.74) is 0.879. The van der Waals surface area contributed by atoms with Crippen LogP contribution < -0.4 is 19.0 Å². The van der Waals surface area contributed by atoms with Crippen LogP contribution in [0.25, 0.3) is 0 Å². The second-order valence-electron chi connectivity index (χ2n) is 4.80. The number of benzene rings is 1. The lowest BCUT2D eigenvalue weighted by molar-refractivity contribution is -0.118. The van der Waals surface area contributed by atoms with E-state index >= 15 is 0 Å². The van der Waals surface area contributed by atoms with Crippen molar-refractivity contribution >= 4 is 17.2 Å². The van der Waals surface area contributed by atoms with Gasteiger partial charge in [-0.2, -0.15) is 4.99 Å². The van der Waals surface area contributed by atoms with Crippen LogP contribution in [0.5, 0.6) is 17.2 Å². The smallest absolute Gasteiger partial charge is 0.248 e. The first-order chi connectivity index (χ1) is 11.1. The molecular formula is C16H20N2O4S. The molecule has 0 aliphatic rings. The number of carbonyl (C=O) groups is 1. The summed E-state index contributed by atoms with van der Waals surface area (Å²) in [5.74, 6) is 1.54. The van der Waals surface area contributed by atoms with Gasteiger partial charge in [-0.05, 0) is 18.1 Å². The monoisotopic (exact) mass is 336 g/mol. The normalized spacial score (nSPS) is 11.4. The van der Waals surface area contributed by atoms with E-state index in [9.17, 15) is 4.79 Å². The molecule has 23 heavy (non-hydrogen) atoms. The molecule has 0 saturated heterocycles. The molecule has 0 unspecified atom stereocenters. The minimum atomic E-state index is -0.167. The van der Waals surface area contributed by atoms with Crippen molar-refractivity contribution in [2.45, 2.75) is 12.8 Å². The van der Waals surface area contributed by atoms with Crippen LogP contribution in [0.3, 0.4) is 0 Å². The summed E-state index contributed by atoms with van der Waals surface area (Å²) in [4.78, 5) is 16.8. The molecule has 0 atom stereocenters. The standard InChI is InChI=1S/C16H20N2O4S/c1-18-9-10-23-16(18)17-13(19)8-6-11-5-7-12(20-2)15(22-4)14(11)21-3/h5,7,9-10H,6,8H2,1-4H3. The van der Waals surface area contributed by atoms with Gasteiger partial charge in [-0.25, -0.2) is 0 Å². The quantitative estimate of drug-likeness (QED) is 0.811. The van der Waals surface area contributed by atoms with Gasteiger partial charge in [0.05, 0.1) is 21.3 Å². The van der Waals surface area contributed by atoms with Gasteiger partial charge in [-0.1, -0.05) is 6.07 Å². The molecule has 1 aromatic heterocycles. The SMILES string of the molecule is COc1ccc(CCC(=O)N=c2sccn2C)c(OC)c1OC. The lowest BCUT2D eigenvalue weighted by Crippen LogP contribution is -2.12. The molecule has 0 saturated carbocycles. The van der Waals surface area contributed by atoms with E-state index in [0.29, 0.717) is 34.9 Å². The Bertz CT molecular complexity index is 749. The summed E-state index contributed by atoms with van der Waals surface area (Å²) >= 11 is 1.43. The largest absolute Gasteiger partial charge is 0.493 e. The summed E-state index contributed by atoms with van der Waals surface area (Å²) in [7, 11) is 6.56. The average molecular weight is 336 g/mol. The molecule has 2 rings (SSSR count). The van der Waals surface area contributed by atoms with Gasteiger partial charge < -0.3 is 18.8 Å². The first kappa shape index (κ1) is 17.1. The van der Waals surface area contributed by atoms with E-state index < -0.39 is 0 Å². The molecule has 0 aliphatic carbocycles. The number of hydrogen-bond acceptors (Lipinski definition) is 5. The van der Waals surface area contributed by atoms with Crippen LogP contribution in [0.2, 0.25) is 0 Å². The molecule has 0 fully saturated rings. The molecule has 0 spiro atoms. The molecule has 1 amide bonds. The van der Waals surface area contributed by atoms with E-state index in [4.69, 9.17) is 14.2 Å². The zero-order valence-corrected chi connectivity index (χ0v) is 14.5. The lowest BCUT2D eigenvalue weighted by Gasteiger charge is -2.15. The fourth-order valence-corrected chi connectivity index (χ4v) is 2.95. The number of aryl methyl sites for hydroxylation is 2. The maximum absolute atomic E-state index is 12.0. The van der Waals surface area contributed by atoms with Gasteiger partial charge in [-0.3, -0.25) is 4.79 Å². The van der Waals surface area contributed by atoms with E-state index in [1.807, 2.05) is 29.3 Å². The van der Waals surface area contributed by atoms with Crippen molar-refractivity contribution in [3.05, 3.63) is 34.1 Å². The Morgan fingerprint density at radius 1 is 1.17 bits per heavy atom. The van der Waals surface area contributed by atoms with Crippen molar-refractivity contribution in [1.82, 2.24) is 4.57 Å². The molecule has 0 radical (unpaired) electrons. The summed E-state index contributed by atoms with van der Waals surface area (Å²) in [6, 6.07) is 3.68. The molecule has 2 aromatic rings. The molecule has 1 aromatic carbocycles. The van der Waals surface area contributed by atoms with Crippen LogP contribution in [0, 0.1) is 0 Å². The van der Waals surface area contributed by atoms with Gasteiger partial charge in [0, 0.05) is 25.0 Å².